The number of hydrogen-bond donors (Lipinski definition) is 2. The highest BCUT2D eigenvalue weighted by Gasteiger charge is 2.20. The number of anilines is 1. The second kappa shape index (κ2) is 8.94. The highest BCUT2D eigenvalue weighted by Crippen LogP contribution is 2.18. The van der Waals surface area contributed by atoms with E-state index in [9.17, 15) is 14.4 Å². The van der Waals surface area contributed by atoms with Crippen LogP contribution in [0.4, 0.5) is 5.69 Å². The SMILES string of the molecule is Cc1ccc2c(=O)c(C(=O)Nc3ccc(C)c(C)c3)cn(CC(=O)NC3CCCC3)c2n1. The summed E-state index contributed by atoms with van der Waals surface area (Å²) in [6.07, 6.45) is 5.65. The van der Waals surface area contributed by atoms with E-state index in [4.69, 9.17) is 0 Å². The molecule has 0 saturated heterocycles. The molecular weight excluding hydrogens is 404 g/mol. The van der Waals surface area contributed by atoms with Gasteiger partial charge in [0.1, 0.15) is 17.8 Å². The summed E-state index contributed by atoms with van der Waals surface area (Å²) < 4.78 is 1.60. The maximum absolute atomic E-state index is 13.1. The van der Waals surface area contributed by atoms with Crippen molar-refractivity contribution < 1.29 is 9.59 Å². The first-order chi connectivity index (χ1) is 15.3. The van der Waals surface area contributed by atoms with Crippen molar-refractivity contribution in [1.29, 1.82) is 0 Å². The van der Waals surface area contributed by atoms with Crippen LogP contribution in [0.15, 0.2) is 41.3 Å². The van der Waals surface area contributed by atoms with Crippen LogP contribution >= 0.6 is 0 Å². The Balaban J connectivity index is 1.69. The van der Waals surface area contributed by atoms with Crippen molar-refractivity contribution in [3.05, 3.63) is 69.1 Å². The Hall–Kier alpha value is -3.48. The normalized spacial score (nSPS) is 14.0. The first-order valence-corrected chi connectivity index (χ1v) is 11.0. The second-order valence-corrected chi connectivity index (χ2v) is 8.63. The third kappa shape index (κ3) is 4.56. The van der Waals surface area contributed by atoms with Gasteiger partial charge in [0.15, 0.2) is 0 Å². The number of nitrogens with one attached hydrogen (secondary N) is 2. The van der Waals surface area contributed by atoms with E-state index in [1.807, 2.05) is 32.9 Å². The number of pyridine rings is 2. The molecule has 0 radical (unpaired) electrons. The molecule has 7 heteroatoms. The van der Waals surface area contributed by atoms with Gasteiger partial charge in [-0.25, -0.2) is 4.98 Å². The summed E-state index contributed by atoms with van der Waals surface area (Å²) in [5, 5.41) is 6.18. The van der Waals surface area contributed by atoms with E-state index in [2.05, 4.69) is 15.6 Å². The molecule has 1 aliphatic carbocycles. The van der Waals surface area contributed by atoms with Gasteiger partial charge < -0.3 is 15.2 Å². The molecular formula is C25H28N4O3. The van der Waals surface area contributed by atoms with Gasteiger partial charge in [0.05, 0.1) is 5.39 Å². The fourth-order valence-electron chi connectivity index (χ4n) is 4.16. The minimum absolute atomic E-state index is 0.00630. The van der Waals surface area contributed by atoms with E-state index in [-0.39, 0.29) is 24.1 Å². The van der Waals surface area contributed by atoms with E-state index < -0.39 is 11.3 Å². The zero-order valence-corrected chi connectivity index (χ0v) is 18.7. The quantitative estimate of drug-likeness (QED) is 0.644. The molecule has 2 heterocycles. The molecule has 2 aromatic heterocycles. The number of carbonyl (C=O) groups is 2. The van der Waals surface area contributed by atoms with Gasteiger partial charge >= 0.3 is 0 Å². The lowest BCUT2D eigenvalue weighted by Gasteiger charge is -2.16. The molecule has 0 unspecified atom stereocenters. The maximum atomic E-state index is 13.1. The number of carbonyl (C=O) groups excluding carboxylic acids is 2. The van der Waals surface area contributed by atoms with Gasteiger partial charge in [-0.15, -0.1) is 0 Å². The number of nitrogens with zero attached hydrogens (tertiary/aromatic N) is 2. The third-order valence-corrected chi connectivity index (χ3v) is 6.10. The molecule has 0 atom stereocenters. The average molecular weight is 433 g/mol. The summed E-state index contributed by atoms with van der Waals surface area (Å²) in [6, 6.07) is 9.18. The van der Waals surface area contributed by atoms with E-state index in [1.54, 1.807) is 22.8 Å². The Morgan fingerprint density at radius 2 is 1.81 bits per heavy atom. The van der Waals surface area contributed by atoms with Crippen molar-refractivity contribution in [2.24, 2.45) is 0 Å². The molecule has 0 bridgehead atoms. The van der Waals surface area contributed by atoms with Crippen molar-refractivity contribution in [1.82, 2.24) is 14.9 Å². The predicted molar refractivity (Wildman–Crippen MR) is 125 cm³/mol. The Labute approximate surface area is 186 Å². The average Bonchev–Trinajstić information content (AvgIpc) is 3.25. The van der Waals surface area contributed by atoms with Crippen LogP contribution in [0.25, 0.3) is 11.0 Å². The number of aromatic nitrogens is 2. The third-order valence-electron chi connectivity index (χ3n) is 6.10. The molecule has 1 aliphatic rings. The van der Waals surface area contributed by atoms with Crippen LogP contribution in [0.5, 0.6) is 0 Å². The van der Waals surface area contributed by atoms with Crippen LogP contribution in [-0.4, -0.2) is 27.4 Å². The first kappa shape index (κ1) is 21.7. The minimum Gasteiger partial charge on any atom is -0.352 e. The molecule has 2 amide bonds. The molecule has 3 aromatic rings. The molecule has 4 rings (SSSR count). The smallest absolute Gasteiger partial charge is 0.261 e. The number of hydrogen-bond acceptors (Lipinski definition) is 4. The van der Waals surface area contributed by atoms with Crippen molar-refractivity contribution in [3.63, 3.8) is 0 Å². The van der Waals surface area contributed by atoms with E-state index in [1.165, 1.54) is 6.20 Å². The Kier molecular flexibility index (Phi) is 6.08. The van der Waals surface area contributed by atoms with E-state index in [0.29, 0.717) is 16.7 Å². The molecule has 166 valence electrons. The number of rotatable bonds is 5. The minimum atomic E-state index is -0.509. The zero-order valence-electron chi connectivity index (χ0n) is 18.7. The van der Waals surface area contributed by atoms with Crippen LogP contribution in [0.1, 0.15) is 52.9 Å². The van der Waals surface area contributed by atoms with Crippen LogP contribution in [-0.2, 0) is 11.3 Å². The molecule has 1 fully saturated rings. The highest BCUT2D eigenvalue weighted by molar-refractivity contribution is 6.05. The number of aryl methyl sites for hydroxylation is 3. The fourth-order valence-corrected chi connectivity index (χ4v) is 4.16. The largest absolute Gasteiger partial charge is 0.352 e. The number of benzene rings is 1. The Morgan fingerprint density at radius 3 is 2.53 bits per heavy atom. The van der Waals surface area contributed by atoms with Gasteiger partial charge in [-0.2, -0.15) is 0 Å². The highest BCUT2D eigenvalue weighted by atomic mass is 16.2. The summed E-state index contributed by atoms with van der Waals surface area (Å²) >= 11 is 0. The van der Waals surface area contributed by atoms with Crippen molar-refractivity contribution in [2.75, 3.05) is 5.32 Å². The lowest BCUT2D eigenvalue weighted by molar-refractivity contribution is -0.122. The van der Waals surface area contributed by atoms with Crippen LogP contribution in [0.3, 0.4) is 0 Å². The monoisotopic (exact) mass is 432 g/mol. The van der Waals surface area contributed by atoms with Gasteiger partial charge in [-0.1, -0.05) is 18.9 Å². The van der Waals surface area contributed by atoms with Gasteiger partial charge in [0, 0.05) is 23.6 Å². The Bertz CT molecular complexity index is 1260. The predicted octanol–water partition coefficient (Wildman–Crippen LogP) is 3.63. The van der Waals surface area contributed by atoms with Gasteiger partial charge in [-0.3, -0.25) is 14.4 Å². The van der Waals surface area contributed by atoms with Crippen LogP contribution < -0.4 is 16.1 Å². The van der Waals surface area contributed by atoms with Crippen molar-refractivity contribution in [3.8, 4) is 0 Å². The van der Waals surface area contributed by atoms with Crippen molar-refractivity contribution in [2.45, 2.75) is 59.0 Å². The lowest BCUT2D eigenvalue weighted by Crippen LogP contribution is -2.36. The van der Waals surface area contributed by atoms with E-state index >= 15 is 0 Å². The topological polar surface area (TPSA) is 93.1 Å². The molecule has 7 nitrogen and oxygen atoms in total. The molecule has 0 aliphatic heterocycles. The molecule has 0 spiro atoms. The number of fused-ring (bicyclic) bond motifs is 1. The molecule has 1 saturated carbocycles. The fraction of sp³-hybridized carbons (Fsp3) is 0.360. The van der Waals surface area contributed by atoms with E-state index in [0.717, 1.165) is 42.5 Å². The summed E-state index contributed by atoms with van der Waals surface area (Å²) in [4.78, 5) is 43.3. The second-order valence-electron chi connectivity index (χ2n) is 8.63. The first-order valence-electron chi connectivity index (χ1n) is 11.0. The summed E-state index contributed by atoms with van der Waals surface area (Å²) in [5.41, 5.74) is 3.49. The molecule has 32 heavy (non-hydrogen) atoms. The zero-order chi connectivity index (χ0) is 22.8. The summed E-state index contributed by atoms with van der Waals surface area (Å²) in [6.45, 7) is 5.78. The van der Waals surface area contributed by atoms with Gasteiger partial charge in [-0.05, 0) is 69.0 Å². The summed E-state index contributed by atoms with van der Waals surface area (Å²) in [5.74, 6) is -0.656. The Morgan fingerprint density at radius 1 is 1.06 bits per heavy atom. The lowest BCUT2D eigenvalue weighted by atomic mass is 10.1. The molecule has 2 N–H and O–H groups in total. The van der Waals surface area contributed by atoms with Gasteiger partial charge in [0.2, 0.25) is 11.3 Å². The van der Waals surface area contributed by atoms with Crippen LogP contribution in [0, 0.1) is 20.8 Å². The summed E-state index contributed by atoms with van der Waals surface area (Å²) in [7, 11) is 0. The molecule has 1 aromatic carbocycles. The van der Waals surface area contributed by atoms with Crippen molar-refractivity contribution >= 4 is 28.5 Å². The number of amides is 2. The maximum Gasteiger partial charge on any atom is 0.261 e. The van der Waals surface area contributed by atoms with Gasteiger partial charge in [0.25, 0.3) is 5.91 Å². The van der Waals surface area contributed by atoms with Crippen LogP contribution in [0.2, 0.25) is 0 Å². The standard InChI is InChI=1S/C25H28N4O3/c1-15-8-10-19(12-16(15)2)28-25(32)21-13-29(14-22(30)27-18-6-4-5-7-18)24-20(23(21)31)11-9-17(3)26-24/h8-13,18H,4-7,14H2,1-3H3,(H,27,30)(H,28,32).